The summed E-state index contributed by atoms with van der Waals surface area (Å²) in [4.78, 5) is 29.3. The Labute approximate surface area is 259 Å². The molecule has 1 aliphatic rings. The number of anilines is 1. The molecule has 0 bridgehead atoms. The molecular formula is C33H39ClFN3O4S. The fourth-order valence-corrected chi connectivity index (χ4v) is 7.09. The molecule has 7 nitrogen and oxygen atoms in total. The van der Waals surface area contributed by atoms with Gasteiger partial charge in [-0.1, -0.05) is 73.7 Å². The average molecular weight is 628 g/mol. The summed E-state index contributed by atoms with van der Waals surface area (Å²) in [5.41, 5.74) is 2.38. The third-order valence-corrected chi connectivity index (χ3v) is 9.94. The molecule has 3 aromatic carbocycles. The van der Waals surface area contributed by atoms with E-state index in [1.807, 2.05) is 13.8 Å². The summed E-state index contributed by atoms with van der Waals surface area (Å²) in [5.74, 6) is -1.27. The minimum absolute atomic E-state index is 0.00263. The molecule has 0 aromatic heterocycles. The summed E-state index contributed by atoms with van der Waals surface area (Å²) in [6.07, 6.45) is 5.27. The molecule has 1 aliphatic carbocycles. The Balaban J connectivity index is 1.73. The van der Waals surface area contributed by atoms with Crippen LogP contribution in [-0.2, 0) is 26.2 Å². The molecule has 10 heteroatoms. The van der Waals surface area contributed by atoms with Crippen molar-refractivity contribution in [3.8, 4) is 0 Å². The van der Waals surface area contributed by atoms with Gasteiger partial charge in [-0.25, -0.2) is 12.8 Å². The van der Waals surface area contributed by atoms with E-state index in [2.05, 4.69) is 5.32 Å². The van der Waals surface area contributed by atoms with Gasteiger partial charge in [0.15, 0.2) is 0 Å². The smallest absolute Gasteiger partial charge is 0.264 e. The second-order valence-electron chi connectivity index (χ2n) is 11.2. The first-order chi connectivity index (χ1) is 20.5. The summed E-state index contributed by atoms with van der Waals surface area (Å²) in [6.45, 7) is 4.86. The quantitative estimate of drug-likeness (QED) is 0.261. The van der Waals surface area contributed by atoms with Gasteiger partial charge in [0.05, 0.1) is 10.6 Å². The van der Waals surface area contributed by atoms with Crippen molar-refractivity contribution in [3.63, 3.8) is 0 Å². The molecule has 1 saturated carbocycles. The number of rotatable bonds is 11. The van der Waals surface area contributed by atoms with E-state index >= 15 is 0 Å². The van der Waals surface area contributed by atoms with E-state index in [0.29, 0.717) is 22.6 Å². The number of aryl methyl sites for hydroxylation is 2. The van der Waals surface area contributed by atoms with Gasteiger partial charge in [-0.15, -0.1) is 0 Å². The first kappa shape index (κ1) is 32.5. The zero-order chi connectivity index (χ0) is 31.1. The van der Waals surface area contributed by atoms with Gasteiger partial charge in [-0.05, 0) is 80.6 Å². The number of halogens is 2. The topological polar surface area (TPSA) is 86.8 Å². The highest BCUT2D eigenvalue weighted by Crippen LogP contribution is 2.30. The maximum Gasteiger partial charge on any atom is 0.264 e. The van der Waals surface area contributed by atoms with Gasteiger partial charge in [-0.3, -0.25) is 13.9 Å². The third kappa shape index (κ3) is 8.15. The normalized spacial score (nSPS) is 14.6. The number of nitrogens with zero attached hydrogens (tertiary/aromatic N) is 2. The Morgan fingerprint density at radius 3 is 2.26 bits per heavy atom. The second-order valence-corrected chi connectivity index (χ2v) is 13.5. The Morgan fingerprint density at radius 2 is 1.63 bits per heavy atom. The molecule has 1 N–H and O–H groups in total. The van der Waals surface area contributed by atoms with E-state index in [9.17, 15) is 22.4 Å². The molecule has 0 saturated heterocycles. The number of carbonyl (C=O) groups excluding carboxylic acids is 2. The summed E-state index contributed by atoms with van der Waals surface area (Å²) < 4.78 is 43.0. The van der Waals surface area contributed by atoms with Crippen LogP contribution in [-0.4, -0.2) is 43.8 Å². The van der Waals surface area contributed by atoms with Gasteiger partial charge in [0, 0.05) is 17.6 Å². The van der Waals surface area contributed by atoms with Crippen molar-refractivity contribution in [3.05, 3.63) is 94.3 Å². The van der Waals surface area contributed by atoms with Gasteiger partial charge in [-0.2, -0.15) is 0 Å². The van der Waals surface area contributed by atoms with E-state index in [-0.39, 0.29) is 29.1 Å². The van der Waals surface area contributed by atoms with Crippen molar-refractivity contribution in [2.24, 2.45) is 0 Å². The molecule has 2 amide bonds. The Kier molecular flexibility index (Phi) is 10.8. The monoisotopic (exact) mass is 627 g/mol. The van der Waals surface area contributed by atoms with E-state index in [0.717, 1.165) is 42.0 Å². The maximum atomic E-state index is 14.3. The molecule has 3 aromatic rings. The standard InChI is InChI=1S/C33H39ClFN3O4S/c1-4-30(33(40)36-28-8-6-5-7-9-28)37(21-25-13-16-27(35)17-14-25)32(39)22-38(31-20-26(34)15-12-24(31)3)43(41,42)29-18-10-23(2)11-19-29/h10-20,28,30H,4-9,21-22H2,1-3H3,(H,36,40)/t30-/m1/s1. The van der Waals surface area contributed by atoms with Crippen LogP contribution >= 0.6 is 11.6 Å². The highest BCUT2D eigenvalue weighted by atomic mass is 35.5. The lowest BCUT2D eigenvalue weighted by Gasteiger charge is -2.34. The van der Waals surface area contributed by atoms with Crippen molar-refractivity contribution < 1.29 is 22.4 Å². The second kappa shape index (κ2) is 14.4. The SMILES string of the molecule is CC[C@H](C(=O)NC1CCCCC1)N(Cc1ccc(F)cc1)C(=O)CN(c1cc(Cl)ccc1C)S(=O)(=O)c1ccc(C)cc1. The number of hydrogen-bond donors (Lipinski definition) is 1. The highest BCUT2D eigenvalue weighted by molar-refractivity contribution is 7.92. The predicted octanol–water partition coefficient (Wildman–Crippen LogP) is 6.55. The van der Waals surface area contributed by atoms with Crippen LogP contribution in [0.15, 0.2) is 71.6 Å². The fourth-order valence-electron chi connectivity index (χ4n) is 5.45. The summed E-state index contributed by atoms with van der Waals surface area (Å²) in [7, 11) is -4.22. The number of carbonyl (C=O) groups is 2. The van der Waals surface area contributed by atoms with Crippen LogP contribution in [0.25, 0.3) is 0 Å². The summed E-state index contributed by atoms with van der Waals surface area (Å²) in [6, 6.07) is 16.2. The molecule has 0 radical (unpaired) electrons. The minimum atomic E-state index is -4.22. The van der Waals surface area contributed by atoms with Crippen molar-refractivity contribution in [2.45, 2.75) is 82.8 Å². The molecule has 43 heavy (non-hydrogen) atoms. The van der Waals surface area contributed by atoms with Crippen molar-refractivity contribution >= 4 is 39.1 Å². The van der Waals surface area contributed by atoms with Crippen LogP contribution in [0.5, 0.6) is 0 Å². The zero-order valence-corrected chi connectivity index (χ0v) is 26.4. The zero-order valence-electron chi connectivity index (χ0n) is 24.9. The molecule has 1 atom stereocenters. The first-order valence-corrected chi connectivity index (χ1v) is 16.5. The van der Waals surface area contributed by atoms with Crippen LogP contribution in [0.2, 0.25) is 5.02 Å². The van der Waals surface area contributed by atoms with Gasteiger partial charge in [0.2, 0.25) is 11.8 Å². The minimum Gasteiger partial charge on any atom is -0.352 e. The fraction of sp³-hybridized carbons (Fsp3) is 0.394. The number of hydrogen-bond acceptors (Lipinski definition) is 4. The number of benzene rings is 3. The van der Waals surface area contributed by atoms with Gasteiger partial charge >= 0.3 is 0 Å². The lowest BCUT2D eigenvalue weighted by Crippen LogP contribution is -2.54. The number of sulfonamides is 1. The van der Waals surface area contributed by atoms with Gasteiger partial charge in [0.25, 0.3) is 10.0 Å². The largest absolute Gasteiger partial charge is 0.352 e. The first-order valence-electron chi connectivity index (χ1n) is 14.7. The van der Waals surface area contributed by atoms with E-state index in [4.69, 9.17) is 11.6 Å². The summed E-state index contributed by atoms with van der Waals surface area (Å²) >= 11 is 6.30. The lowest BCUT2D eigenvalue weighted by molar-refractivity contribution is -0.140. The Bertz CT molecular complexity index is 1520. The molecule has 0 heterocycles. The van der Waals surface area contributed by atoms with E-state index < -0.39 is 34.3 Å². The van der Waals surface area contributed by atoms with Crippen molar-refractivity contribution in [1.82, 2.24) is 10.2 Å². The number of nitrogens with one attached hydrogen (secondary N) is 1. The predicted molar refractivity (Wildman–Crippen MR) is 168 cm³/mol. The van der Waals surface area contributed by atoms with Crippen LogP contribution in [0.3, 0.4) is 0 Å². The van der Waals surface area contributed by atoms with Crippen molar-refractivity contribution in [1.29, 1.82) is 0 Å². The third-order valence-electron chi connectivity index (χ3n) is 7.93. The average Bonchev–Trinajstić information content (AvgIpc) is 2.98. The van der Waals surface area contributed by atoms with Gasteiger partial charge in [0.1, 0.15) is 18.4 Å². The highest BCUT2D eigenvalue weighted by Gasteiger charge is 2.35. The molecule has 0 unspecified atom stereocenters. The van der Waals surface area contributed by atoms with Crippen molar-refractivity contribution in [2.75, 3.05) is 10.8 Å². The van der Waals surface area contributed by atoms with E-state index in [1.165, 1.54) is 35.2 Å². The van der Waals surface area contributed by atoms with Crippen LogP contribution < -0.4 is 9.62 Å². The van der Waals surface area contributed by atoms with E-state index in [1.54, 1.807) is 43.3 Å². The van der Waals surface area contributed by atoms with Crippen LogP contribution in [0.4, 0.5) is 10.1 Å². The Morgan fingerprint density at radius 1 is 0.977 bits per heavy atom. The Hall–Kier alpha value is -3.43. The molecule has 0 aliphatic heterocycles. The van der Waals surface area contributed by atoms with Crippen LogP contribution in [0, 0.1) is 19.7 Å². The molecule has 1 fully saturated rings. The molecular weight excluding hydrogens is 589 g/mol. The molecule has 230 valence electrons. The van der Waals surface area contributed by atoms with Gasteiger partial charge < -0.3 is 10.2 Å². The number of amides is 2. The molecule has 4 rings (SSSR count). The summed E-state index contributed by atoms with van der Waals surface area (Å²) in [5, 5.41) is 3.44. The molecule has 0 spiro atoms. The lowest BCUT2D eigenvalue weighted by atomic mass is 9.95. The maximum absolute atomic E-state index is 14.3. The van der Waals surface area contributed by atoms with Crippen LogP contribution in [0.1, 0.15) is 62.1 Å².